The number of aromatic nitrogens is 1. The van der Waals surface area contributed by atoms with Crippen molar-refractivity contribution in [2.45, 2.75) is 0 Å². The number of nitro groups is 1. The van der Waals surface area contributed by atoms with E-state index in [9.17, 15) is 14.9 Å². The van der Waals surface area contributed by atoms with Crippen LogP contribution in [-0.2, 0) is 0 Å². The van der Waals surface area contributed by atoms with Crippen LogP contribution >= 0.6 is 11.3 Å². The fraction of sp³-hybridized carbons (Fsp3) is 0. The molecule has 0 radical (unpaired) electrons. The topological polar surface area (TPSA) is 111 Å². The second-order valence-electron chi connectivity index (χ2n) is 6.89. The van der Waals surface area contributed by atoms with Gasteiger partial charge in [-0.15, -0.1) is 0 Å². The van der Waals surface area contributed by atoms with Gasteiger partial charge in [0.25, 0.3) is 5.69 Å². The monoisotopic (exact) mass is 442 g/mol. The molecule has 0 spiro atoms. The summed E-state index contributed by atoms with van der Waals surface area (Å²) in [5.74, 6) is 0. The molecule has 2 aromatic heterocycles. The minimum Gasteiger partial charge on any atom is -0.422 e. The second kappa shape index (κ2) is 8.05. The molecule has 0 saturated carbocycles. The molecule has 32 heavy (non-hydrogen) atoms. The normalized spacial score (nSPS) is 11.4. The molecule has 0 amide bonds. The summed E-state index contributed by atoms with van der Waals surface area (Å²) in [5.41, 5.74) is 4.06. The van der Waals surface area contributed by atoms with Crippen LogP contribution in [0.2, 0.25) is 0 Å². The van der Waals surface area contributed by atoms with Crippen LogP contribution in [0.15, 0.2) is 87.2 Å². The molecule has 2 heterocycles. The van der Waals surface area contributed by atoms with Crippen molar-refractivity contribution in [1.82, 2.24) is 4.98 Å². The van der Waals surface area contributed by atoms with E-state index in [1.54, 1.807) is 24.4 Å². The van der Waals surface area contributed by atoms with Crippen LogP contribution in [0.5, 0.6) is 0 Å². The summed E-state index contributed by atoms with van der Waals surface area (Å²) in [6.45, 7) is 0. The summed E-state index contributed by atoms with van der Waals surface area (Å²) in [6.07, 6.45) is 3.12. The Kier molecular flexibility index (Phi) is 4.92. The molecular formula is C23H14N4O4S. The molecule has 0 fully saturated rings. The Hall–Kier alpha value is -4.37. The van der Waals surface area contributed by atoms with Gasteiger partial charge in [-0.3, -0.25) is 15.5 Å². The first-order valence-electron chi connectivity index (χ1n) is 9.54. The molecule has 3 aromatic carbocycles. The molecule has 0 unspecified atom stereocenters. The number of non-ortho nitro benzene ring substituents is 1. The van der Waals surface area contributed by atoms with E-state index in [0.717, 1.165) is 16.2 Å². The average Bonchev–Trinajstić information content (AvgIpc) is 3.27. The van der Waals surface area contributed by atoms with Gasteiger partial charge < -0.3 is 4.42 Å². The molecule has 5 rings (SSSR count). The van der Waals surface area contributed by atoms with Crippen LogP contribution in [0.25, 0.3) is 32.2 Å². The van der Waals surface area contributed by atoms with E-state index in [2.05, 4.69) is 15.5 Å². The van der Waals surface area contributed by atoms with E-state index in [1.807, 2.05) is 36.4 Å². The third-order valence-corrected chi connectivity index (χ3v) is 5.83. The number of fused-ring (bicyclic) bond motifs is 3. The molecule has 5 aromatic rings. The molecule has 8 nitrogen and oxygen atoms in total. The first kappa shape index (κ1) is 19.6. The number of nitrogens with zero attached hydrogens (tertiary/aromatic N) is 3. The Morgan fingerprint density at radius 2 is 1.88 bits per heavy atom. The number of benzene rings is 3. The Morgan fingerprint density at radius 1 is 1.06 bits per heavy atom. The lowest BCUT2D eigenvalue weighted by atomic mass is 10.0. The predicted molar refractivity (Wildman–Crippen MR) is 125 cm³/mol. The van der Waals surface area contributed by atoms with E-state index >= 15 is 0 Å². The highest BCUT2D eigenvalue weighted by Crippen LogP contribution is 2.31. The van der Waals surface area contributed by atoms with Crippen LogP contribution < -0.4 is 11.1 Å². The van der Waals surface area contributed by atoms with Gasteiger partial charge in [0.15, 0.2) is 0 Å². The number of thiazole rings is 1. The molecule has 156 valence electrons. The summed E-state index contributed by atoms with van der Waals surface area (Å²) in [7, 11) is 0. The van der Waals surface area contributed by atoms with E-state index in [-0.39, 0.29) is 5.69 Å². The molecule has 0 aliphatic carbocycles. The number of hydrogen-bond donors (Lipinski definition) is 1. The minimum absolute atomic E-state index is 0.0154. The lowest BCUT2D eigenvalue weighted by molar-refractivity contribution is -0.384. The van der Waals surface area contributed by atoms with E-state index in [0.29, 0.717) is 26.7 Å². The highest BCUT2D eigenvalue weighted by Gasteiger charge is 2.13. The number of nitrogens with one attached hydrogen (secondary N) is 1. The Bertz CT molecular complexity index is 1550. The van der Waals surface area contributed by atoms with E-state index in [4.69, 9.17) is 4.42 Å². The van der Waals surface area contributed by atoms with Crippen LogP contribution in [0, 0.1) is 10.1 Å². The van der Waals surface area contributed by atoms with Crippen LogP contribution in [0.4, 0.5) is 10.8 Å². The van der Waals surface area contributed by atoms with Gasteiger partial charge in [-0.2, -0.15) is 5.10 Å². The Morgan fingerprint density at radius 3 is 2.69 bits per heavy atom. The van der Waals surface area contributed by atoms with Crippen LogP contribution in [-0.4, -0.2) is 16.1 Å². The zero-order valence-electron chi connectivity index (χ0n) is 16.4. The summed E-state index contributed by atoms with van der Waals surface area (Å²) < 4.78 is 5.56. The van der Waals surface area contributed by atoms with Crippen molar-refractivity contribution in [1.29, 1.82) is 0 Å². The fourth-order valence-electron chi connectivity index (χ4n) is 3.34. The van der Waals surface area contributed by atoms with Crippen molar-refractivity contribution in [3.8, 4) is 10.4 Å². The fourth-order valence-corrected chi connectivity index (χ4v) is 4.11. The molecule has 0 atom stereocenters. The molecule has 0 aliphatic heterocycles. The number of hydrazone groups is 1. The van der Waals surface area contributed by atoms with Gasteiger partial charge in [-0.25, -0.2) is 9.78 Å². The molecule has 0 bridgehead atoms. The first-order chi connectivity index (χ1) is 15.6. The Balaban J connectivity index is 1.41. The standard InChI is InChI=1S/C23H14N4O4S/c28-22-19(11-18-17-4-2-1-3-15(17)7-10-20(18)31-22)21-13-24-23(32-21)26-25-12-14-5-8-16(9-6-14)27(29)30/h1-13H,(H,24,26)/b25-12-. The smallest absolute Gasteiger partial charge is 0.345 e. The largest absolute Gasteiger partial charge is 0.422 e. The summed E-state index contributed by atoms with van der Waals surface area (Å²) in [4.78, 5) is 27.7. The SMILES string of the molecule is O=c1oc2ccc3ccccc3c2cc1-c1cnc(N/N=C\c2ccc([N+](=O)[O-])cc2)s1. The summed E-state index contributed by atoms with van der Waals surface area (Å²) in [6, 6.07) is 19.5. The quantitative estimate of drug-likeness (QED) is 0.128. The maximum atomic E-state index is 12.6. The van der Waals surface area contributed by atoms with Gasteiger partial charge in [-0.1, -0.05) is 41.7 Å². The van der Waals surface area contributed by atoms with Gasteiger partial charge in [-0.05, 0) is 40.6 Å². The Labute approximate surface area is 184 Å². The number of nitro benzene ring substituents is 1. The average molecular weight is 442 g/mol. The van der Waals surface area contributed by atoms with Crippen molar-refractivity contribution in [2.24, 2.45) is 5.10 Å². The van der Waals surface area contributed by atoms with Crippen molar-refractivity contribution in [3.05, 3.63) is 99.0 Å². The van der Waals surface area contributed by atoms with E-state index < -0.39 is 10.5 Å². The van der Waals surface area contributed by atoms with Crippen molar-refractivity contribution in [2.75, 3.05) is 5.43 Å². The number of hydrogen-bond acceptors (Lipinski definition) is 8. The van der Waals surface area contributed by atoms with Gasteiger partial charge in [0.05, 0.1) is 21.6 Å². The maximum Gasteiger partial charge on any atom is 0.345 e. The first-order valence-corrected chi connectivity index (χ1v) is 10.4. The third kappa shape index (κ3) is 3.72. The lowest BCUT2D eigenvalue weighted by Gasteiger charge is -2.04. The van der Waals surface area contributed by atoms with Crippen LogP contribution in [0.3, 0.4) is 0 Å². The van der Waals surface area contributed by atoms with E-state index in [1.165, 1.54) is 29.7 Å². The predicted octanol–water partition coefficient (Wildman–Crippen LogP) is 5.42. The molecular weight excluding hydrogens is 428 g/mol. The van der Waals surface area contributed by atoms with Gasteiger partial charge in [0.2, 0.25) is 5.13 Å². The van der Waals surface area contributed by atoms with Gasteiger partial charge in [0.1, 0.15) is 5.58 Å². The van der Waals surface area contributed by atoms with Crippen molar-refractivity contribution in [3.63, 3.8) is 0 Å². The van der Waals surface area contributed by atoms with Crippen LogP contribution in [0.1, 0.15) is 5.56 Å². The molecule has 0 aliphatic rings. The van der Waals surface area contributed by atoms with Crippen molar-refractivity contribution >= 4 is 50.1 Å². The molecule has 9 heteroatoms. The number of rotatable bonds is 5. The minimum atomic E-state index is -0.456. The zero-order chi connectivity index (χ0) is 22.1. The highest BCUT2D eigenvalue weighted by atomic mass is 32.1. The molecule has 1 N–H and O–H groups in total. The molecule has 0 saturated heterocycles. The van der Waals surface area contributed by atoms with Gasteiger partial charge in [0, 0.05) is 23.7 Å². The van der Waals surface area contributed by atoms with Crippen molar-refractivity contribution < 1.29 is 9.34 Å². The lowest BCUT2D eigenvalue weighted by Crippen LogP contribution is -2.01. The summed E-state index contributed by atoms with van der Waals surface area (Å²) >= 11 is 1.27. The second-order valence-corrected chi connectivity index (χ2v) is 7.92. The third-order valence-electron chi connectivity index (χ3n) is 4.89. The zero-order valence-corrected chi connectivity index (χ0v) is 17.2. The maximum absolute atomic E-state index is 12.6. The number of anilines is 1. The van der Waals surface area contributed by atoms with Gasteiger partial charge >= 0.3 is 5.63 Å². The highest BCUT2D eigenvalue weighted by molar-refractivity contribution is 7.18. The summed E-state index contributed by atoms with van der Waals surface area (Å²) in [5, 5.41) is 18.2.